The molecule has 0 bridgehead atoms. The second kappa shape index (κ2) is 13.0. The average molecular weight is 579 g/mol. The third kappa shape index (κ3) is 6.98. The lowest BCUT2D eigenvalue weighted by Crippen LogP contribution is -2.51. The molecule has 0 aromatic heterocycles. The molecule has 2 amide bonds. The van der Waals surface area contributed by atoms with Crippen LogP contribution in [0.1, 0.15) is 19.4 Å². The number of methoxy groups -OCH3 is 1. The quantitative estimate of drug-likeness (QED) is 0.354. The van der Waals surface area contributed by atoms with Gasteiger partial charge >= 0.3 is 0 Å². The zero-order valence-electron chi connectivity index (χ0n) is 21.2. The summed E-state index contributed by atoms with van der Waals surface area (Å²) < 4.78 is 33.6. The Morgan fingerprint density at radius 3 is 2.26 bits per heavy atom. The van der Waals surface area contributed by atoms with Crippen molar-refractivity contribution in [3.63, 3.8) is 0 Å². The van der Waals surface area contributed by atoms with Gasteiger partial charge in [0.25, 0.3) is 10.0 Å². The van der Waals surface area contributed by atoms with Gasteiger partial charge in [-0.1, -0.05) is 53.5 Å². The van der Waals surface area contributed by atoms with Gasteiger partial charge in [0.15, 0.2) is 0 Å². The molecule has 8 nitrogen and oxygen atoms in total. The van der Waals surface area contributed by atoms with Crippen LogP contribution in [-0.4, -0.2) is 51.4 Å². The van der Waals surface area contributed by atoms with Crippen LogP contribution in [-0.2, 0) is 26.2 Å². The Bertz CT molecular complexity index is 1370. The van der Waals surface area contributed by atoms with Gasteiger partial charge in [-0.2, -0.15) is 0 Å². The first-order chi connectivity index (χ1) is 18.1. The van der Waals surface area contributed by atoms with E-state index in [9.17, 15) is 18.0 Å². The highest BCUT2D eigenvalue weighted by atomic mass is 35.5. The first kappa shape index (κ1) is 29.3. The van der Waals surface area contributed by atoms with Gasteiger partial charge in [-0.25, -0.2) is 8.42 Å². The summed E-state index contributed by atoms with van der Waals surface area (Å²) in [6.07, 6.45) is 0. The van der Waals surface area contributed by atoms with Crippen LogP contribution in [0.2, 0.25) is 10.0 Å². The summed E-state index contributed by atoms with van der Waals surface area (Å²) in [5.74, 6) is -0.332. The van der Waals surface area contributed by atoms with Gasteiger partial charge < -0.3 is 15.0 Å². The van der Waals surface area contributed by atoms with Crippen LogP contribution >= 0.6 is 23.2 Å². The minimum Gasteiger partial charge on any atom is -0.497 e. The van der Waals surface area contributed by atoms with E-state index in [0.29, 0.717) is 12.3 Å². The fourth-order valence-corrected chi connectivity index (χ4v) is 5.62. The van der Waals surface area contributed by atoms with Gasteiger partial charge in [0.05, 0.1) is 22.7 Å². The fraction of sp³-hybridized carbons (Fsp3) is 0.259. The van der Waals surface area contributed by atoms with Crippen LogP contribution in [0.15, 0.2) is 77.7 Å². The Morgan fingerprint density at radius 2 is 1.66 bits per heavy atom. The second-order valence-electron chi connectivity index (χ2n) is 8.36. The van der Waals surface area contributed by atoms with Crippen molar-refractivity contribution in [2.24, 2.45) is 0 Å². The maximum atomic E-state index is 13.8. The summed E-state index contributed by atoms with van der Waals surface area (Å²) in [5, 5.41) is 3.06. The molecular formula is C27H29Cl2N3O5S. The van der Waals surface area contributed by atoms with Crippen LogP contribution in [0.5, 0.6) is 5.75 Å². The van der Waals surface area contributed by atoms with Crippen molar-refractivity contribution in [2.75, 3.05) is 24.5 Å². The summed E-state index contributed by atoms with van der Waals surface area (Å²) >= 11 is 12.6. The normalized spacial score (nSPS) is 11.9. The predicted molar refractivity (Wildman–Crippen MR) is 149 cm³/mol. The molecule has 38 heavy (non-hydrogen) atoms. The monoisotopic (exact) mass is 577 g/mol. The van der Waals surface area contributed by atoms with Crippen molar-refractivity contribution >= 4 is 50.7 Å². The number of nitrogens with one attached hydrogen (secondary N) is 1. The topological polar surface area (TPSA) is 96.0 Å². The molecule has 0 aliphatic carbocycles. The molecule has 1 atom stereocenters. The highest BCUT2D eigenvalue weighted by Gasteiger charge is 2.33. The lowest BCUT2D eigenvalue weighted by Gasteiger charge is -2.32. The summed E-state index contributed by atoms with van der Waals surface area (Å²) in [5.41, 5.74) is 0.778. The number of hydrogen-bond acceptors (Lipinski definition) is 5. The third-order valence-corrected chi connectivity index (χ3v) is 8.15. The van der Waals surface area contributed by atoms with Gasteiger partial charge in [-0.05, 0) is 61.9 Å². The Kier molecular flexibility index (Phi) is 10.0. The number of ether oxygens (including phenoxy) is 1. The van der Waals surface area contributed by atoms with Crippen molar-refractivity contribution in [2.45, 2.75) is 31.3 Å². The molecule has 0 spiro atoms. The molecule has 0 unspecified atom stereocenters. The number of nitrogens with zero attached hydrogens (tertiary/aromatic N) is 2. The zero-order chi connectivity index (χ0) is 27.9. The minimum atomic E-state index is -4.23. The number of amides is 2. The SMILES string of the molecule is CCNC(=O)[C@@H](C)N(Cc1ccc(OC)cc1)C(=O)CN(c1cc(Cl)ccc1Cl)S(=O)(=O)c1ccccc1. The zero-order valence-corrected chi connectivity index (χ0v) is 23.6. The standard InChI is InChI=1S/C27H29Cl2N3O5S/c1-4-30-27(34)19(2)31(17-20-10-13-22(37-3)14-11-20)26(33)18-32(25-16-21(28)12-15-24(25)29)38(35,36)23-8-6-5-7-9-23/h5-16,19H,4,17-18H2,1-3H3,(H,30,34)/t19-/m1/s1. The number of sulfonamides is 1. The molecule has 0 radical (unpaired) electrons. The molecule has 3 aromatic rings. The molecular weight excluding hydrogens is 549 g/mol. The average Bonchev–Trinajstić information content (AvgIpc) is 2.92. The van der Waals surface area contributed by atoms with Crippen molar-refractivity contribution in [1.82, 2.24) is 10.2 Å². The van der Waals surface area contributed by atoms with Gasteiger partial charge in [-0.15, -0.1) is 0 Å². The maximum Gasteiger partial charge on any atom is 0.264 e. The molecule has 0 aliphatic rings. The Balaban J connectivity index is 2.05. The largest absolute Gasteiger partial charge is 0.497 e. The number of carbonyl (C=O) groups excluding carboxylic acids is 2. The second-order valence-corrected chi connectivity index (χ2v) is 11.1. The third-order valence-electron chi connectivity index (χ3n) is 5.82. The van der Waals surface area contributed by atoms with E-state index in [2.05, 4.69) is 5.32 Å². The molecule has 202 valence electrons. The summed E-state index contributed by atoms with van der Waals surface area (Å²) in [7, 11) is -2.69. The first-order valence-electron chi connectivity index (χ1n) is 11.8. The molecule has 11 heteroatoms. The van der Waals surface area contributed by atoms with Crippen molar-refractivity contribution in [1.29, 1.82) is 0 Å². The minimum absolute atomic E-state index is 0.0256. The summed E-state index contributed by atoms with van der Waals surface area (Å²) in [6.45, 7) is 3.19. The lowest BCUT2D eigenvalue weighted by molar-refractivity contribution is -0.139. The highest BCUT2D eigenvalue weighted by Crippen LogP contribution is 2.33. The number of carbonyl (C=O) groups is 2. The van der Waals surface area contributed by atoms with Crippen molar-refractivity contribution in [3.05, 3.63) is 88.4 Å². The maximum absolute atomic E-state index is 13.8. The van der Waals surface area contributed by atoms with E-state index in [1.165, 1.54) is 35.2 Å². The van der Waals surface area contributed by atoms with E-state index in [1.807, 2.05) is 0 Å². The fourth-order valence-electron chi connectivity index (χ4n) is 3.74. The molecule has 0 fully saturated rings. The molecule has 0 heterocycles. The van der Waals surface area contributed by atoms with Crippen molar-refractivity contribution < 1.29 is 22.7 Å². The molecule has 1 N–H and O–H groups in total. The van der Waals surface area contributed by atoms with Gasteiger partial charge in [0, 0.05) is 18.1 Å². The Morgan fingerprint density at radius 1 is 1.00 bits per heavy atom. The number of rotatable bonds is 11. The number of benzene rings is 3. The molecule has 0 saturated carbocycles. The van der Waals surface area contributed by atoms with E-state index < -0.39 is 28.5 Å². The van der Waals surface area contributed by atoms with Gasteiger partial charge in [-0.3, -0.25) is 13.9 Å². The summed E-state index contributed by atoms with van der Waals surface area (Å²) in [6, 6.07) is 18.2. The van der Waals surface area contributed by atoms with Crippen molar-refractivity contribution in [3.8, 4) is 5.75 Å². The molecule has 0 aliphatic heterocycles. The number of hydrogen-bond donors (Lipinski definition) is 1. The summed E-state index contributed by atoms with van der Waals surface area (Å²) in [4.78, 5) is 27.9. The predicted octanol–water partition coefficient (Wildman–Crippen LogP) is 4.75. The highest BCUT2D eigenvalue weighted by molar-refractivity contribution is 7.92. The number of anilines is 1. The van der Waals surface area contributed by atoms with Crippen LogP contribution in [0.4, 0.5) is 5.69 Å². The van der Waals surface area contributed by atoms with E-state index in [-0.39, 0.29) is 33.1 Å². The van der Waals surface area contributed by atoms with Gasteiger partial charge in [0.2, 0.25) is 11.8 Å². The van der Waals surface area contributed by atoms with Crippen LogP contribution in [0, 0.1) is 0 Å². The smallest absolute Gasteiger partial charge is 0.264 e. The van der Waals surface area contributed by atoms with Crippen LogP contribution in [0.25, 0.3) is 0 Å². The van der Waals surface area contributed by atoms with E-state index in [1.54, 1.807) is 63.4 Å². The van der Waals surface area contributed by atoms with E-state index >= 15 is 0 Å². The van der Waals surface area contributed by atoms with Crippen LogP contribution < -0.4 is 14.4 Å². The van der Waals surface area contributed by atoms with Gasteiger partial charge in [0.1, 0.15) is 18.3 Å². The molecule has 0 saturated heterocycles. The number of halogens is 2. The molecule has 3 aromatic carbocycles. The van der Waals surface area contributed by atoms with E-state index in [0.717, 1.165) is 9.87 Å². The molecule has 3 rings (SSSR count). The van der Waals surface area contributed by atoms with E-state index in [4.69, 9.17) is 27.9 Å². The lowest BCUT2D eigenvalue weighted by atomic mass is 10.1. The number of likely N-dealkylation sites (N-methyl/N-ethyl adjacent to an activating group) is 1. The Labute approximate surface area is 233 Å². The van der Waals surface area contributed by atoms with Crippen LogP contribution in [0.3, 0.4) is 0 Å². The first-order valence-corrected chi connectivity index (χ1v) is 14.0. The Hall–Kier alpha value is -3.27.